The topological polar surface area (TPSA) is 61.9 Å². The molecule has 0 radical (unpaired) electrons. The van der Waals surface area contributed by atoms with Crippen LogP contribution in [0.15, 0.2) is 35.7 Å². The van der Waals surface area contributed by atoms with Crippen molar-refractivity contribution >= 4 is 34.5 Å². The number of amides is 2. The van der Waals surface area contributed by atoms with Gasteiger partial charge in [0.1, 0.15) is 0 Å². The molecule has 1 aliphatic heterocycles. The normalized spacial score (nSPS) is 16.1. The number of nitrogens with zero attached hydrogens (tertiary/aromatic N) is 2. The Morgan fingerprint density at radius 3 is 2.59 bits per heavy atom. The monoisotopic (exact) mass is 457 g/mol. The van der Waals surface area contributed by atoms with Gasteiger partial charge in [-0.3, -0.25) is 9.59 Å². The molecule has 32 heavy (non-hydrogen) atoms. The number of ether oxygens (including phenoxy) is 1. The largest absolute Gasteiger partial charge is 0.377 e. The van der Waals surface area contributed by atoms with Gasteiger partial charge in [-0.2, -0.15) is 0 Å². The lowest BCUT2D eigenvalue weighted by molar-refractivity contribution is -0.117. The smallest absolute Gasteiger partial charge is 0.264 e. The molecule has 1 atom stereocenters. The molecular weight excluding hydrogens is 422 g/mol. The molecule has 0 saturated carbocycles. The second-order valence-electron chi connectivity index (χ2n) is 9.82. The molecule has 0 bridgehead atoms. The van der Waals surface area contributed by atoms with Crippen molar-refractivity contribution in [3.05, 3.63) is 46.2 Å². The summed E-state index contributed by atoms with van der Waals surface area (Å²) in [6, 6.07) is 9.68. The Morgan fingerprint density at radius 1 is 1.22 bits per heavy atom. The highest BCUT2D eigenvalue weighted by Crippen LogP contribution is 2.27. The second kappa shape index (κ2) is 10.5. The summed E-state index contributed by atoms with van der Waals surface area (Å²) in [5.41, 5.74) is 2.68. The van der Waals surface area contributed by atoms with E-state index < -0.39 is 0 Å². The average Bonchev–Trinajstić information content (AvgIpc) is 3.39. The van der Waals surface area contributed by atoms with E-state index in [1.54, 1.807) is 0 Å². The summed E-state index contributed by atoms with van der Waals surface area (Å²) in [7, 11) is 3.98. The molecule has 1 aliphatic rings. The number of nitrogens with one attached hydrogen (secondary N) is 1. The summed E-state index contributed by atoms with van der Waals surface area (Å²) < 4.78 is 5.83. The number of carbonyl (C=O) groups is 2. The van der Waals surface area contributed by atoms with Crippen LogP contribution in [0.4, 0.5) is 11.4 Å². The van der Waals surface area contributed by atoms with Crippen molar-refractivity contribution in [3.8, 4) is 0 Å². The molecule has 7 heteroatoms. The zero-order valence-electron chi connectivity index (χ0n) is 19.8. The van der Waals surface area contributed by atoms with E-state index in [1.807, 2.05) is 80.4 Å². The SMILES string of the molecule is CN(C)c1ccc(NC(=O)CC(C)(C)C)cc1CN(C[C@@H]1CCCO1)C(=O)c1cccs1. The van der Waals surface area contributed by atoms with Gasteiger partial charge in [0.25, 0.3) is 5.91 Å². The average molecular weight is 458 g/mol. The minimum Gasteiger partial charge on any atom is -0.377 e. The standard InChI is InChI=1S/C25H35N3O3S/c1-25(2,3)15-23(29)26-19-10-11-21(27(4)5)18(14-19)16-28(17-20-8-6-12-31-20)24(30)22-9-7-13-32-22/h7,9-11,13-14,20H,6,8,12,15-17H2,1-5H3,(H,26,29)/t20-/m0/s1. The van der Waals surface area contributed by atoms with Crippen LogP contribution in [0, 0.1) is 5.41 Å². The molecule has 1 N–H and O–H groups in total. The van der Waals surface area contributed by atoms with Crippen LogP contribution in [0.1, 0.15) is 55.3 Å². The van der Waals surface area contributed by atoms with Crippen molar-refractivity contribution in [1.29, 1.82) is 0 Å². The van der Waals surface area contributed by atoms with E-state index in [2.05, 4.69) is 5.32 Å². The van der Waals surface area contributed by atoms with Crippen LogP contribution >= 0.6 is 11.3 Å². The van der Waals surface area contributed by atoms with E-state index in [0.717, 1.165) is 41.3 Å². The lowest BCUT2D eigenvalue weighted by Gasteiger charge is -2.28. The minimum absolute atomic E-state index is 0.00748. The molecule has 2 heterocycles. The van der Waals surface area contributed by atoms with Gasteiger partial charge in [-0.15, -0.1) is 11.3 Å². The first kappa shape index (κ1) is 24.3. The lowest BCUT2D eigenvalue weighted by atomic mass is 9.92. The van der Waals surface area contributed by atoms with Gasteiger partial charge in [-0.25, -0.2) is 0 Å². The molecule has 0 spiro atoms. The highest BCUT2D eigenvalue weighted by Gasteiger charge is 2.25. The Morgan fingerprint density at radius 2 is 2.00 bits per heavy atom. The molecule has 2 amide bonds. The summed E-state index contributed by atoms with van der Waals surface area (Å²) >= 11 is 1.46. The van der Waals surface area contributed by atoms with Gasteiger partial charge in [-0.1, -0.05) is 26.8 Å². The van der Waals surface area contributed by atoms with Crippen molar-refractivity contribution in [1.82, 2.24) is 4.90 Å². The fourth-order valence-electron chi connectivity index (χ4n) is 3.93. The van der Waals surface area contributed by atoms with Crippen LogP contribution in [0.2, 0.25) is 0 Å². The number of hydrogen-bond acceptors (Lipinski definition) is 5. The zero-order chi connectivity index (χ0) is 23.3. The van der Waals surface area contributed by atoms with E-state index in [0.29, 0.717) is 19.5 Å². The molecule has 2 aromatic rings. The predicted molar refractivity (Wildman–Crippen MR) is 132 cm³/mol. The molecule has 3 rings (SSSR count). The van der Waals surface area contributed by atoms with E-state index in [4.69, 9.17) is 4.74 Å². The lowest BCUT2D eigenvalue weighted by Crippen LogP contribution is -2.37. The van der Waals surface area contributed by atoms with Gasteiger partial charge in [0.15, 0.2) is 0 Å². The van der Waals surface area contributed by atoms with E-state index in [-0.39, 0.29) is 23.3 Å². The Kier molecular flexibility index (Phi) is 7.96. The first-order valence-corrected chi connectivity index (χ1v) is 12.0. The van der Waals surface area contributed by atoms with Crippen LogP contribution in [0.5, 0.6) is 0 Å². The summed E-state index contributed by atoms with van der Waals surface area (Å²) in [4.78, 5) is 30.4. The summed E-state index contributed by atoms with van der Waals surface area (Å²) in [6.45, 7) is 7.91. The Labute approximate surface area is 195 Å². The summed E-state index contributed by atoms with van der Waals surface area (Å²) in [5.74, 6) is 0.00861. The highest BCUT2D eigenvalue weighted by atomic mass is 32.1. The molecule has 1 saturated heterocycles. The van der Waals surface area contributed by atoms with Crippen molar-refractivity contribution < 1.29 is 14.3 Å². The van der Waals surface area contributed by atoms with Gasteiger partial charge in [0, 0.05) is 51.6 Å². The number of anilines is 2. The third-order valence-electron chi connectivity index (χ3n) is 5.36. The number of rotatable bonds is 8. The van der Waals surface area contributed by atoms with Crippen molar-refractivity contribution in [3.63, 3.8) is 0 Å². The first-order chi connectivity index (χ1) is 15.1. The fraction of sp³-hybridized carbons (Fsp3) is 0.520. The highest BCUT2D eigenvalue weighted by molar-refractivity contribution is 7.12. The van der Waals surface area contributed by atoms with Gasteiger partial charge in [0.05, 0.1) is 11.0 Å². The zero-order valence-corrected chi connectivity index (χ0v) is 20.6. The van der Waals surface area contributed by atoms with Crippen molar-refractivity contribution in [2.75, 3.05) is 37.5 Å². The molecular formula is C25H35N3O3S. The number of carbonyl (C=O) groups excluding carboxylic acids is 2. The van der Waals surface area contributed by atoms with E-state index >= 15 is 0 Å². The molecule has 6 nitrogen and oxygen atoms in total. The van der Waals surface area contributed by atoms with E-state index in [9.17, 15) is 9.59 Å². The maximum atomic E-state index is 13.3. The summed E-state index contributed by atoms with van der Waals surface area (Å²) in [6.07, 6.45) is 2.51. The Hall–Kier alpha value is -2.38. The third-order valence-corrected chi connectivity index (χ3v) is 6.22. The molecule has 174 valence electrons. The minimum atomic E-state index is -0.0816. The Bertz CT molecular complexity index is 913. The predicted octanol–water partition coefficient (Wildman–Crippen LogP) is 5.01. The van der Waals surface area contributed by atoms with Gasteiger partial charge in [-0.05, 0) is 53.5 Å². The first-order valence-electron chi connectivity index (χ1n) is 11.2. The van der Waals surface area contributed by atoms with Crippen molar-refractivity contribution in [2.24, 2.45) is 5.41 Å². The van der Waals surface area contributed by atoms with Crippen LogP contribution in [0.25, 0.3) is 0 Å². The Balaban J connectivity index is 1.85. The van der Waals surface area contributed by atoms with Crippen LogP contribution < -0.4 is 10.2 Å². The van der Waals surface area contributed by atoms with Crippen LogP contribution in [0.3, 0.4) is 0 Å². The van der Waals surface area contributed by atoms with Gasteiger partial charge >= 0.3 is 0 Å². The molecule has 1 aromatic heterocycles. The van der Waals surface area contributed by atoms with Gasteiger partial charge < -0.3 is 19.9 Å². The third kappa shape index (κ3) is 6.81. The number of hydrogen-bond donors (Lipinski definition) is 1. The molecule has 1 fully saturated rings. The molecule has 0 aliphatic carbocycles. The van der Waals surface area contributed by atoms with Crippen LogP contribution in [-0.4, -0.2) is 50.1 Å². The fourth-order valence-corrected chi connectivity index (χ4v) is 4.62. The molecule has 0 unspecified atom stereocenters. The summed E-state index contributed by atoms with van der Waals surface area (Å²) in [5, 5.41) is 4.95. The van der Waals surface area contributed by atoms with Gasteiger partial charge in [0.2, 0.25) is 5.91 Å². The second-order valence-corrected chi connectivity index (χ2v) is 10.8. The maximum Gasteiger partial charge on any atom is 0.264 e. The quantitative estimate of drug-likeness (QED) is 0.605. The van der Waals surface area contributed by atoms with Crippen LogP contribution in [-0.2, 0) is 16.1 Å². The number of thiophene rings is 1. The van der Waals surface area contributed by atoms with Crippen molar-refractivity contribution in [2.45, 2.75) is 52.7 Å². The maximum absolute atomic E-state index is 13.3. The van der Waals surface area contributed by atoms with E-state index in [1.165, 1.54) is 11.3 Å². The molecule has 1 aromatic carbocycles. The number of benzene rings is 1.